The van der Waals surface area contributed by atoms with E-state index in [4.69, 9.17) is 0 Å². The number of aliphatic hydroxyl groups is 1. The summed E-state index contributed by atoms with van der Waals surface area (Å²) in [6, 6.07) is 16.4. The molecule has 5 nitrogen and oxygen atoms in total. The van der Waals surface area contributed by atoms with Gasteiger partial charge in [0.2, 0.25) is 5.91 Å². The summed E-state index contributed by atoms with van der Waals surface area (Å²) in [6.45, 7) is 6.03. The molecule has 0 bridgehead atoms. The Morgan fingerprint density at radius 3 is 2.50 bits per heavy atom. The first-order valence-corrected chi connectivity index (χ1v) is 10.2. The first-order chi connectivity index (χ1) is 13.6. The van der Waals surface area contributed by atoms with Crippen LogP contribution in [0.25, 0.3) is 0 Å². The largest absolute Gasteiger partial charge is 0.393 e. The highest BCUT2D eigenvalue weighted by molar-refractivity contribution is 5.83. The standard InChI is InChI=1S/C23H31N3O2/c1-3-18-8-10-19(11-9-18)17(2)25-23(28)16-24-21-6-4-5-7-22(21)26-14-12-20(27)13-15-26/h4-11,17,20,24,27H,3,12-16H2,1-2H3,(H,25,28). The van der Waals surface area contributed by atoms with E-state index in [9.17, 15) is 9.90 Å². The molecule has 3 N–H and O–H groups in total. The topological polar surface area (TPSA) is 64.6 Å². The number of rotatable bonds is 7. The molecular weight excluding hydrogens is 350 g/mol. The lowest BCUT2D eigenvalue weighted by Gasteiger charge is -2.33. The molecule has 150 valence electrons. The molecule has 28 heavy (non-hydrogen) atoms. The van der Waals surface area contributed by atoms with Crippen LogP contribution >= 0.6 is 0 Å². The minimum atomic E-state index is -0.199. The molecule has 5 heteroatoms. The van der Waals surface area contributed by atoms with Crippen LogP contribution in [0.4, 0.5) is 11.4 Å². The zero-order chi connectivity index (χ0) is 19.9. The smallest absolute Gasteiger partial charge is 0.239 e. The maximum absolute atomic E-state index is 12.4. The van der Waals surface area contributed by atoms with Gasteiger partial charge in [-0.3, -0.25) is 4.79 Å². The fourth-order valence-corrected chi connectivity index (χ4v) is 3.60. The summed E-state index contributed by atoms with van der Waals surface area (Å²) in [7, 11) is 0. The van der Waals surface area contributed by atoms with E-state index in [1.807, 2.05) is 25.1 Å². The Balaban J connectivity index is 1.55. The van der Waals surface area contributed by atoms with Crippen molar-refractivity contribution in [2.24, 2.45) is 0 Å². The summed E-state index contributed by atoms with van der Waals surface area (Å²) in [5, 5.41) is 16.1. The van der Waals surface area contributed by atoms with Crippen LogP contribution in [-0.4, -0.2) is 36.8 Å². The summed E-state index contributed by atoms with van der Waals surface area (Å²) in [5.41, 5.74) is 4.45. The lowest BCUT2D eigenvalue weighted by Crippen LogP contribution is -2.36. The number of para-hydroxylation sites is 2. The van der Waals surface area contributed by atoms with Crippen LogP contribution in [-0.2, 0) is 11.2 Å². The number of nitrogens with zero attached hydrogens (tertiary/aromatic N) is 1. The first kappa shape index (κ1) is 20.2. The van der Waals surface area contributed by atoms with Crippen molar-refractivity contribution in [1.29, 1.82) is 0 Å². The average Bonchev–Trinajstić information content (AvgIpc) is 2.73. The molecule has 1 saturated heterocycles. The van der Waals surface area contributed by atoms with Gasteiger partial charge in [-0.1, -0.05) is 43.3 Å². The number of carbonyl (C=O) groups excluding carboxylic acids is 1. The Morgan fingerprint density at radius 2 is 1.82 bits per heavy atom. The van der Waals surface area contributed by atoms with Gasteiger partial charge in [0.25, 0.3) is 0 Å². The summed E-state index contributed by atoms with van der Waals surface area (Å²) in [4.78, 5) is 14.7. The third-order valence-electron chi connectivity index (χ3n) is 5.41. The average molecular weight is 382 g/mol. The highest BCUT2D eigenvalue weighted by atomic mass is 16.3. The normalized spacial score (nSPS) is 15.9. The van der Waals surface area contributed by atoms with E-state index in [0.29, 0.717) is 0 Å². The lowest BCUT2D eigenvalue weighted by molar-refractivity contribution is -0.120. The molecule has 1 aliphatic heterocycles. The minimum absolute atomic E-state index is 0.0287. The van der Waals surface area contributed by atoms with Crippen molar-refractivity contribution in [3.63, 3.8) is 0 Å². The minimum Gasteiger partial charge on any atom is -0.393 e. The summed E-state index contributed by atoms with van der Waals surface area (Å²) in [5.74, 6) is -0.0315. The van der Waals surface area contributed by atoms with Crippen molar-refractivity contribution in [1.82, 2.24) is 5.32 Å². The van der Waals surface area contributed by atoms with Crippen LogP contribution in [0.2, 0.25) is 0 Å². The molecule has 0 aromatic heterocycles. The number of amides is 1. The van der Waals surface area contributed by atoms with Gasteiger partial charge in [0.1, 0.15) is 0 Å². The van der Waals surface area contributed by atoms with Gasteiger partial charge in [-0.2, -0.15) is 0 Å². The van der Waals surface area contributed by atoms with Gasteiger partial charge in [-0.25, -0.2) is 0 Å². The summed E-state index contributed by atoms with van der Waals surface area (Å²) >= 11 is 0. The molecule has 0 radical (unpaired) electrons. The molecule has 0 spiro atoms. The number of aliphatic hydroxyl groups excluding tert-OH is 1. The fourth-order valence-electron chi connectivity index (χ4n) is 3.60. The molecule has 2 aromatic rings. The Bertz CT molecular complexity index is 768. The second kappa shape index (κ2) is 9.60. The second-order valence-electron chi connectivity index (χ2n) is 7.47. The van der Waals surface area contributed by atoms with Gasteiger partial charge < -0.3 is 20.6 Å². The number of hydrogen-bond donors (Lipinski definition) is 3. The zero-order valence-electron chi connectivity index (χ0n) is 16.8. The maximum atomic E-state index is 12.4. The van der Waals surface area contributed by atoms with Crippen LogP contribution < -0.4 is 15.5 Å². The Hall–Kier alpha value is -2.53. The van der Waals surface area contributed by atoms with Crippen LogP contribution in [0.3, 0.4) is 0 Å². The molecule has 1 atom stereocenters. The van der Waals surface area contributed by atoms with Crippen molar-refractivity contribution in [2.45, 2.75) is 45.3 Å². The SMILES string of the molecule is CCc1ccc(C(C)NC(=O)CNc2ccccc2N2CCC(O)CC2)cc1. The predicted octanol–water partition coefficient (Wildman–Crippen LogP) is 3.50. The Labute approximate surface area is 167 Å². The van der Waals surface area contributed by atoms with E-state index in [-0.39, 0.29) is 24.6 Å². The van der Waals surface area contributed by atoms with Crippen LogP contribution in [0.5, 0.6) is 0 Å². The van der Waals surface area contributed by atoms with E-state index in [1.54, 1.807) is 0 Å². The van der Waals surface area contributed by atoms with Gasteiger partial charge in [-0.05, 0) is 49.4 Å². The van der Waals surface area contributed by atoms with Crippen molar-refractivity contribution in [3.8, 4) is 0 Å². The van der Waals surface area contributed by atoms with E-state index in [2.05, 4.69) is 52.8 Å². The molecule has 1 unspecified atom stereocenters. The number of aryl methyl sites for hydroxylation is 1. The number of carbonyl (C=O) groups is 1. The van der Waals surface area contributed by atoms with Gasteiger partial charge in [0.15, 0.2) is 0 Å². The van der Waals surface area contributed by atoms with Crippen LogP contribution in [0.1, 0.15) is 43.9 Å². The maximum Gasteiger partial charge on any atom is 0.239 e. The number of hydrogen-bond acceptors (Lipinski definition) is 4. The molecule has 1 fully saturated rings. The van der Waals surface area contributed by atoms with E-state index < -0.39 is 0 Å². The van der Waals surface area contributed by atoms with Crippen molar-refractivity contribution >= 4 is 17.3 Å². The van der Waals surface area contributed by atoms with Gasteiger partial charge in [-0.15, -0.1) is 0 Å². The molecule has 0 saturated carbocycles. The quantitative estimate of drug-likeness (QED) is 0.687. The van der Waals surface area contributed by atoms with E-state index in [1.165, 1.54) is 5.56 Å². The molecule has 0 aliphatic carbocycles. The molecule has 1 amide bonds. The van der Waals surface area contributed by atoms with E-state index >= 15 is 0 Å². The molecule has 1 aliphatic rings. The van der Waals surface area contributed by atoms with Crippen molar-refractivity contribution < 1.29 is 9.90 Å². The van der Waals surface area contributed by atoms with Gasteiger partial charge in [0.05, 0.1) is 30.1 Å². The van der Waals surface area contributed by atoms with Crippen molar-refractivity contribution in [3.05, 3.63) is 59.7 Å². The summed E-state index contributed by atoms with van der Waals surface area (Å²) < 4.78 is 0. The molecule has 3 rings (SSSR count). The number of anilines is 2. The molecule has 2 aromatic carbocycles. The van der Waals surface area contributed by atoms with E-state index in [0.717, 1.165) is 49.3 Å². The van der Waals surface area contributed by atoms with Crippen LogP contribution in [0, 0.1) is 0 Å². The number of nitrogens with one attached hydrogen (secondary N) is 2. The third kappa shape index (κ3) is 5.26. The highest BCUT2D eigenvalue weighted by Gasteiger charge is 2.19. The predicted molar refractivity (Wildman–Crippen MR) is 115 cm³/mol. The van der Waals surface area contributed by atoms with Gasteiger partial charge in [0, 0.05) is 13.1 Å². The number of benzene rings is 2. The van der Waals surface area contributed by atoms with Gasteiger partial charge >= 0.3 is 0 Å². The highest BCUT2D eigenvalue weighted by Crippen LogP contribution is 2.28. The zero-order valence-corrected chi connectivity index (χ0v) is 16.8. The lowest BCUT2D eigenvalue weighted by atomic mass is 10.1. The Morgan fingerprint density at radius 1 is 1.14 bits per heavy atom. The molecular formula is C23H31N3O2. The van der Waals surface area contributed by atoms with Crippen LogP contribution in [0.15, 0.2) is 48.5 Å². The third-order valence-corrected chi connectivity index (χ3v) is 5.41. The first-order valence-electron chi connectivity index (χ1n) is 10.2. The number of piperidine rings is 1. The monoisotopic (exact) mass is 381 g/mol. The fraction of sp³-hybridized carbons (Fsp3) is 0.435. The molecule has 1 heterocycles. The van der Waals surface area contributed by atoms with Crippen molar-refractivity contribution in [2.75, 3.05) is 29.9 Å². The Kier molecular flexibility index (Phi) is 6.93. The second-order valence-corrected chi connectivity index (χ2v) is 7.47. The summed E-state index contributed by atoms with van der Waals surface area (Å²) in [6.07, 6.45) is 2.38.